The number of non-ortho nitro benzene ring substituents is 1. The lowest BCUT2D eigenvalue weighted by Crippen LogP contribution is -2.47. The molecule has 36 heavy (non-hydrogen) atoms. The first-order valence-electron chi connectivity index (χ1n) is 11.7. The summed E-state index contributed by atoms with van der Waals surface area (Å²) in [6, 6.07) is 6.34. The molecule has 11 heteroatoms. The molecule has 0 bridgehead atoms. The van der Waals surface area contributed by atoms with Gasteiger partial charge in [0.2, 0.25) is 5.60 Å². The van der Waals surface area contributed by atoms with Gasteiger partial charge in [0.25, 0.3) is 11.2 Å². The lowest BCUT2D eigenvalue weighted by Gasteiger charge is -2.35. The van der Waals surface area contributed by atoms with Crippen molar-refractivity contribution in [3.05, 3.63) is 61.4 Å². The number of esters is 2. The molecule has 0 unspecified atom stereocenters. The summed E-state index contributed by atoms with van der Waals surface area (Å²) in [5.74, 6) is -1.41. The molecule has 1 aromatic carbocycles. The van der Waals surface area contributed by atoms with E-state index in [0.29, 0.717) is 40.1 Å². The first-order chi connectivity index (χ1) is 17.2. The van der Waals surface area contributed by atoms with Crippen molar-refractivity contribution in [3.8, 4) is 11.4 Å². The number of nitro benzene ring substituents is 1. The summed E-state index contributed by atoms with van der Waals surface area (Å²) >= 11 is 0. The van der Waals surface area contributed by atoms with Crippen LogP contribution in [0.25, 0.3) is 22.3 Å². The van der Waals surface area contributed by atoms with Crippen LogP contribution in [-0.2, 0) is 37.8 Å². The number of nitro groups is 1. The van der Waals surface area contributed by atoms with E-state index in [-0.39, 0.29) is 36.4 Å². The largest absolute Gasteiger partial charge is 0.457 e. The number of carbonyl (C=O) groups excluding carboxylic acids is 2. The molecule has 0 spiro atoms. The van der Waals surface area contributed by atoms with E-state index in [4.69, 9.17) is 14.5 Å². The quantitative estimate of drug-likeness (QED) is 0.243. The van der Waals surface area contributed by atoms with Crippen LogP contribution in [0.1, 0.15) is 50.3 Å². The summed E-state index contributed by atoms with van der Waals surface area (Å²) in [6.45, 7) is 5.31. The van der Waals surface area contributed by atoms with Gasteiger partial charge in [-0.2, -0.15) is 0 Å². The molecule has 4 heterocycles. The fourth-order valence-electron chi connectivity index (χ4n) is 5.11. The Morgan fingerprint density at radius 2 is 2.08 bits per heavy atom. The van der Waals surface area contributed by atoms with E-state index >= 15 is 0 Å². The lowest BCUT2D eigenvalue weighted by molar-refractivity contribution is -0.383. The van der Waals surface area contributed by atoms with Gasteiger partial charge in [-0.15, -0.1) is 0 Å². The van der Waals surface area contributed by atoms with Crippen LogP contribution < -0.4 is 10.9 Å². The maximum absolute atomic E-state index is 13.6. The Morgan fingerprint density at radius 3 is 2.75 bits per heavy atom. The molecule has 2 aliphatic heterocycles. The van der Waals surface area contributed by atoms with Crippen molar-refractivity contribution in [2.75, 3.05) is 11.9 Å². The Labute approximate surface area is 205 Å². The van der Waals surface area contributed by atoms with E-state index in [1.54, 1.807) is 25.1 Å². The van der Waals surface area contributed by atoms with Crippen LogP contribution in [-0.4, -0.2) is 33.0 Å². The Bertz CT molecular complexity index is 1530. The predicted molar refractivity (Wildman–Crippen MR) is 130 cm³/mol. The summed E-state index contributed by atoms with van der Waals surface area (Å²) in [4.78, 5) is 54.5. The molecule has 3 aromatic rings. The van der Waals surface area contributed by atoms with Gasteiger partial charge in [-0.3, -0.25) is 19.7 Å². The molecule has 5 rings (SSSR count). The average molecular weight is 492 g/mol. The van der Waals surface area contributed by atoms with Gasteiger partial charge in [-0.1, -0.05) is 19.9 Å². The minimum Gasteiger partial charge on any atom is -0.457 e. The summed E-state index contributed by atoms with van der Waals surface area (Å²) in [6.07, 6.45) is 0.857. The molecule has 11 nitrogen and oxygen atoms in total. The highest BCUT2D eigenvalue weighted by atomic mass is 16.6. The van der Waals surface area contributed by atoms with E-state index < -0.39 is 28.0 Å². The van der Waals surface area contributed by atoms with Crippen LogP contribution in [0.15, 0.2) is 29.1 Å². The number of rotatable bonds is 6. The number of pyridine rings is 2. The van der Waals surface area contributed by atoms with E-state index in [2.05, 4.69) is 5.32 Å². The third-order valence-electron chi connectivity index (χ3n) is 6.73. The van der Waals surface area contributed by atoms with Crippen molar-refractivity contribution in [1.29, 1.82) is 0 Å². The van der Waals surface area contributed by atoms with E-state index in [1.165, 1.54) is 17.6 Å². The highest BCUT2D eigenvalue weighted by Crippen LogP contribution is 2.44. The van der Waals surface area contributed by atoms with Gasteiger partial charge < -0.3 is 19.4 Å². The van der Waals surface area contributed by atoms with Crippen LogP contribution in [0.3, 0.4) is 0 Å². The lowest BCUT2D eigenvalue weighted by atomic mass is 9.85. The van der Waals surface area contributed by atoms with E-state index in [0.717, 1.165) is 6.42 Å². The first-order valence-corrected chi connectivity index (χ1v) is 11.7. The first kappa shape index (κ1) is 23.5. The van der Waals surface area contributed by atoms with Crippen molar-refractivity contribution in [2.45, 2.75) is 52.4 Å². The molecular weight excluding hydrogens is 468 g/mol. The standard InChI is InChI=1S/C25H24N4O7/c1-4-9-26-22-14-11-28-19(21(14)27-17-7-6-8-18(20(17)22)29(33)34)10-16-15(23(28)31)12-35-24(32)25(16,5-2)36-13(3)30/h6-8,10H,4-5,9,11-12H2,1-3H3,(H,26,27)/t25-/m0/s1. The third-order valence-corrected chi connectivity index (χ3v) is 6.73. The number of hydrogen-bond acceptors (Lipinski definition) is 9. The summed E-state index contributed by atoms with van der Waals surface area (Å²) < 4.78 is 12.3. The van der Waals surface area contributed by atoms with Crippen molar-refractivity contribution >= 4 is 34.2 Å². The van der Waals surface area contributed by atoms with Gasteiger partial charge in [0.1, 0.15) is 12.0 Å². The summed E-state index contributed by atoms with van der Waals surface area (Å²) in [7, 11) is 0. The predicted octanol–water partition coefficient (Wildman–Crippen LogP) is 3.38. The molecule has 2 aliphatic rings. The van der Waals surface area contributed by atoms with Gasteiger partial charge in [-0.05, 0) is 25.0 Å². The molecule has 0 saturated carbocycles. The van der Waals surface area contributed by atoms with Gasteiger partial charge in [0, 0.05) is 30.7 Å². The van der Waals surface area contributed by atoms with Crippen LogP contribution in [0.4, 0.5) is 11.4 Å². The van der Waals surface area contributed by atoms with Crippen molar-refractivity contribution in [1.82, 2.24) is 9.55 Å². The molecule has 0 amide bonds. The van der Waals surface area contributed by atoms with Crippen LogP contribution in [0, 0.1) is 10.1 Å². The Morgan fingerprint density at radius 1 is 1.31 bits per heavy atom. The van der Waals surface area contributed by atoms with Gasteiger partial charge >= 0.3 is 11.9 Å². The van der Waals surface area contributed by atoms with Crippen LogP contribution in [0.2, 0.25) is 0 Å². The zero-order valence-electron chi connectivity index (χ0n) is 20.0. The number of anilines is 1. The zero-order valence-corrected chi connectivity index (χ0v) is 20.0. The fourth-order valence-corrected chi connectivity index (χ4v) is 5.11. The number of aromatic nitrogens is 2. The summed E-state index contributed by atoms with van der Waals surface area (Å²) in [5.41, 5.74) is 0.829. The topological polar surface area (TPSA) is 143 Å². The van der Waals surface area contributed by atoms with Crippen molar-refractivity contribution in [3.63, 3.8) is 0 Å². The fraction of sp³-hybridized carbons (Fsp3) is 0.360. The number of carbonyl (C=O) groups is 2. The minimum absolute atomic E-state index is 0.0782. The van der Waals surface area contributed by atoms with Crippen molar-refractivity contribution in [2.24, 2.45) is 0 Å². The Balaban J connectivity index is 1.82. The molecule has 0 aliphatic carbocycles. The minimum atomic E-state index is -1.74. The number of nitrogens with one attached hydrogen (secondary N) is 1. The Kier molecular flexibility index (Phi) is 5.50. The second-order valence-corrected chi connectivity index (χ2v) is 8.83. The van der Waals surface area contributed by atoms with Crippen molar-refractivity contribution < 1.29 is 24.0 Å². The van der Waals surface area contributed by atoms with E-state index in [1.807, 2.05) is 6.92 Å². The molecule has 0 saturated heterocycles. The second kappa shape index (κ2) is 8.43. The maximum Gasteiger partial charge on any atom is 0.355 e. The third kappa shape index (κ3) is 3.26. The maximum atomic E-state index is 13.6. The van der Waals surface area contributed by atoms with Gasteiger partial charge in [0.15, 0.2) is 0 Å². The molecule has 0 radical (unpaired) electrons. The monoisotopic (exact) mass is 492 g/mol. The number of fused-ring (bicyclic) bond motifs is 5. The summed E-state index contributed by atoms with van der Waals surface area (Å²) in [5, 5.41) is 15.5. The molecule has 1 atom stereocenters. The second-order valence-electron chi connectivity index (χ2n) is 8.83. The average Bonchev–Trinajstić information content (AvgIpc) is 3.21. The number of cyclic esters (lactones) is 1. The smallest absolute Gasteiger partial charge is 0.355 e. The van der Waals surface area contributed by atoms with Crippen LogP contribution >= 0.6 is 0 Å². The molecule has 2 aromatic heterocycles. The number of benzene rings is 1. The number of nitrogens with zero attached hydrogens (tertiary/aromatic N) is 3. The Hall–Kier alpha value is -4.28. The number of hydrogen-bond donors (Lipinski definition) is 1. The molecular formula is C25H24N4O7. The molecule has 186 valence electrons. The van der Waals surface area contributed by atoms with Gasteiger partial charge in [-0.25, -0.2) is 9.78 Å². The molecule has 0 fully saturated rings. The number of ether oxygens (including phenoxy) is 2. The molecule has 1 N–H and O–H groups in total. The highest BCUT2D eigenvalue weighted by molar-refractivity contribution is 6.03. The normalized spacial score (nSPS) is 17.7. The SMILES string of the molecule is CCCNc1c2c(nc3cccc([N+](=O)[O-])c13)-c1cc3c(c(=O)n1C2)COC(=O)[C@@]3(CC)OC(C)=O. The van der Waals surface area contributed by atoms with Gasteiger partial charge in [0.05, 0.1) is 39.6 Å². The highest BCUT2D eigenvalue weighted by Gasteiger charge is 2.50. The van der Waals surface area contributed by atoms with Crippen LogP contribution in [0.5, 0.6) is 0 Å². The zero-order chi connectivity index (χ0) is 25.8. The van der Waals surface area contributed by atoms with E-state index in [9.17, 15) is 24.5 Å².